The maximum absolute atomic E-state index is 12.3. The Hall–Kier alpha value is -2.42. The maximum Gasteiger partial charge on any atom is 0.318 e. The van der Waals surface area contributed by atoms with E-state index in [1.54, 1.807) is 0 Å². The molecule has 3 nitrogen and oxygen atoms in total. The molecule has 4 rings (SSSR count). The van der Waals surface area contributed by atoms with Gasteiger partial charge in [-0.05, 0) is 28.7 Å². The molecular weight excluding hydrogens is 288 g/mol. The summed E-state index contributed by atoms with van der Waals surface area (Å²) in [5, 5.41) is 2.31. The van der Waals surface area contributed by atoms with Crippen LogP contribution in [-0.2, 0) is 14.3 Å². The number of ether oxygens (including phenoxy) is 1. The largest absolute Gasteiger partial charge is 0.393 e. The number of carbonyl (C=O) groups is 2. The van der Waals surface area contributed by atoms with E-state index in [0.717, 1.165) is 17.4 Å². The topological polar surface area (TPSA) is 43.4 Å². The van der Waals surface area contributed by atoms with Gasteiger partial charge in [-0.25, -0.2) is 0 Å². The lowest BCUT2D eigenvalue weighted by Crippen LogP contribution is -2.32. The van der Waals surface area contributed by atoms with Gasteiger partial charge in [0.25, 0.3) is 0 Å². The number of allylic oxidation sites excluding steroid dienone is 2. The van der Waals surface area contributed by atoms with E-state index in [2.05, 4.69) is 42.5 Å². The van der Waals surface area contributed by atoms with Gasteiger partial charge >= 0.3 is 11.9 Å². The molecule has 2 aromatic carbocycles. The molecule has 0 spiro atoms. The summed E-state index contributed by atoms with van der Waals surface area (Å²) in [5.74, 6) is -1.46. The first-order valence-electron chi connectivity index (χ1n) is 8.11. The van der Waals surface area contributed by atoms with E-state index >= 15 is 0 Å². The molecule has 3 heteroatoms. The molecule has 0 N–H and O–H groups in total. The summed E-state index contributed by atoms with van der Waals surface area (Å²) in [5.41, 5.74) is 1.07. The second-order valence-electron chi connectivity index (χ2n) is 6.38. The SMILES string of the molecule is CC[C@@H]1C=C[C@H](c2ccc3ccccc3c2)[C@@H]2C(=O)OC(=O)[C@@H]21. The lowest BCUT2D eigenvalue weighted by atomic mass is 9.69. The van der Waals surface area contributed by atoms with Crippen molar-refractivity contribution in [3.05, 3.63) is 60.2 Å². The standard InChI is InChI=1S/C20H18O3/c1-2-12-9-10-16(18-17(12)19(21)23-20(18)22)15-8-7-13-5-3-4-6-14(13)11-15/h3-12,16-18H,2H2,1H3/t12-,16-,17-,18+/m1/s1. The van der Waals surface area contributed by atoms with E-state index in [0.29, 0.717) is 0 Å². The van der Waals surface area contributed by atoms with Crippen LogP contribution < -0.4 is 0 Å². The lowest BCUT2D eigenvalue weighted by molar-refractivity contribution is -0.154. The van der Waals surface area contributed by atoms with Gasteiger partial charge in [-0.15, -0.1) is 0 Å². The maximum atomic E-state index is 12.3. The lowest BCUT2D eigenvalue weighted by Gasteiger charge is -2.30. The quantitative estimate of drug-likeness (QED) is 0.481. The molecule has 1 heterocycles. The normalized spacial score (nSPS) is 29.6. The Bertz CT molecular complexity index is 821. The monoisotopic (exact) mass is 306 g/mol. The Morgan fingerprint density at radius 3 is 2.43 bits per heavy atom. The minimum absolute atomic E-state index is 0.0913. The van der Waals surface area contributed by atoms with Crippen molar-refractivity contribution in [1.29, 1.82) is 0 Å². The van der Waals surface area contributed by atoms with Crippen LogP contribution in [0.5, 0.6) is 0 Å². The van der Waals surface area contributed by atoms with Crippen molar-refractivity contribution < 1.29 is 14.3 Å². The molecule has 23 heavy (non-hydrogen) atoms. The number of hydrogen-bond donors (Lipinski definition) is 0. The Kier molecular flexibility index (Phi) is 3.29. The van der Waals surface area contributed by atoms with Crippen LogP contribution in [-0.4, -0.2) is 11.9 Å². The first-order chi connectivity index (χ1) is 11.2. The van der Waals surface area contributed by atoms with Crippen LogP contribution in [0.25, 0.3) is 10.8 Å². The smallest absolute Gasteiger partial charge is 0.318 e. The molecule has 0 aromatic heterocycles. The average Bonchev–Trinajstić information content (AvgIpc) is 2.89. The van der Waals surface area contributed by atoms with Gasteiger partial charge in [0.15, 0.2) is 0 Å². The molecule has 2 aromatic rings. The molecule has 0 bridgehead atoms. The fourth-order valence-electron chi connectivity index (χ4n) is 3.96. The predicted molar refractivity (Wildman–Crippen MR) is 87.7 cm³/mol. The molecular formula is C20H18O3. The van der Waals surface area contributed by atoms with Gasteiger partial charge in [0.2, 0.25) is 0 Å². The van der Waals surface area contributed by atoms with Gasteiger partial charge in [0.05, 0.1) is 11.8 Å². The van der Waals surface area contributed by atoms with E-state index in [4.69, 9.17) is 4.74 Å². The van der Waals surface area contributed by atoms with Gasteiger partial charge in [0.1, 0.15) is 0 Å². The van der Waals surface area contributed by atoms with Crippen LogP contribution in [0.4, 0.5) is 0 Å². The predicted octanol–water partition coefficient (Wildman–Crippen LogP) is 3.84. The fraction of sp³-hybridized carbons (Fsp3) is 0.300. The van der Waals surface area contributed by atoms with Crippen molar-refractivity contribution in [2.75, 3.05) is 0 Å². The molecule has 1 aliphatic carbocycles. The van der Waals surface area contributed by atoms with Gasteiger partial charge in [0, 0.05) is 5.92 Å². The third kappa shape index (κ3) is 2.19. The highest BCUT2D eigenvalue weighted by molar-refractivity contribution is 5.98. The zero-order chi connectivity index (χ0) is 16.0. The third-order valence-corrected chi connectivity index (χ3v) is 5.18. The van der Waals surface area contributed by atoms with Crippen molar-refractivity contribution in [3.63, 3.8) is 0 Å². The molecule has 1 fully saturated rings. The van der Waals surface area contributed by atoms with Crippen LogP contribution in [0.2, 0.25) is 0 Å². The number of rotatable bonds is 2. The highest BCUT2D eigenvalue weighted by Gasteiger charge is 2.52. The summed E-state index contributed by atoms with van der Waals surface area (Å²) in [6.07, 6.45) is 5.00. The van der Waals surface area contributed by atoms with E-state index in [-0.39, 0.29) is 29.7 Å². The number of cyclic esters (lactones) is 2. The second kappa shape index (κ2) is 5.34. The number of benzene rings is 2. The summed E-state index contributed by atoms with van der Waals surface area (Å²) >= 11 is 0. The van der Waals surface area contributed by atoms with Crippen LogP contribution in [0, 0.1) is 17.8 Å². The third-order valence-electron chi connectivity index (χ3n) is 5.18. The van der Waals surface area contributed by atoms with Gasteiger partial charge in [-0.2, -0.15) is 0 Å². The molecule has 0 saturated carbocycles. The number of hydrogen-bond acceptors (Lipinski definition) is 3. The Labute approximate surface area is 134 Å². The number of carbonyl (C=O) groups excluding carboxylic acids is 2. The van der Waals surface area contributed by atoms with E-state index in [9.17, 15) is 9.59 Å². The molecule has 0 unspecified atom stereocenters. The van der Waals surface area contributed by atoms with Crippen molar-refractivity contribution in [3.8, 4) is 0 Å². The highest BCUT2D eigenvalue weighted by Crippen LogP contribution is 2.46. The number of esters is 2. The molecule has 0 radical (unpaired) electrons. The van der Waals surface area contributed by atoms with Crippen molar-refractivity contribution in [1.82, 2.24) is 0 Å². The second-order valence-corrected chi connectivity index (χ2v) is 6.38. The van der Waals surface area contributed by atoms with Crippen LogP contribution >= 0.6 is 0 Å². The summed E-state index contributed by atoms with van der Waals surface area (Å²) in [6, 6.07) is 14.4. The first kappa shape index (κ1) is 14.2. The van der Waals surface area contributed by atoms with Crippen LogP contribution in [0.15, 0.2) is 54.6 Å². The summed E-state index contributed by atoms with van der Waals surface area (Å²) < 4.78 is 4.96. The zero-order valence-electron chi connectivity index (χ0n) is 12.9. The molecule has 2 aliphatic rings. The minimum atomic E-state index is -0.390. The molecule has 0 amide bonds. The summed E-state index contributed by atoms with van der Waals surface area (Å²) in [7, 11) is 0. The average molecular weight is 306 g/mol. The highest BCUT2D eigenvalue weighted by atomic mass is 16.6. The fourth-order valence-corrected chi connectivity index (χ4v) is 3.96. The molecule has 4 atom stereocenters. The first-order valence-corrected chi connectivity index (χ1v) is 8.11. The summed E-state index contributed by atoms with van der Waals surface area (Å²) in [6.45, 7) is 2.04. The Morgan fingerprint density at radius 1 is 0.913 bits per heavy atom. The van der Waals surface area contributed by atoms with Crippen molar-refractivity contribution in [2.24, 2.45) is 17.8 Å². The van der Waals surface area contributed by atoms with E-state index in [1.165, 1.54) is 5.39 Å². The van der Waals surface area contributed by atoms with Gasteiger partial charge < -0.3 is 4.74 Å². The van der Waals surface area contributed by atoms with Crippen LogP contribution in [0.3, 0.4) is 0 Å². The summed E-state index contributed by atoms with van der Waals surface area (Å²) in [4.78, 5) is 24.4. The molecule has 116 valence electrons. The van der Waals surface area contributed by atoms with Crippen LogP contribution in [0.1, 0.15) is 24.8 Å². The zero-order valence-corrected chi connectivity index (χ0v) is 12.9. The minimum Gasteiger partial charge on any atom is -0.393 e. The van der Waals surface area contributed by atoms with E-state index in [1.807, 2.05) is 19.1 Å². The van der Waals surface area contributed by atoms with Gasteiger partial charge in [-0.3, -0.25) is 9.59 Å². The van der Waals surface area contributed by atoms with Crippen molar-refractivity contribution >= 4 is 22.7 Å². The Morgan fingerprint density at radius 2 is 1.65 bits per heavy atom. The molecule has 1 aliphatic heterocycles. The Balaban J connectivity index is 1.80. The van der Waals surface area contributed by atoms with E-state index < -0.39 is 5.92 Å². The van der Waals surface area contributed by atoms with Gasteiger partial charge in [-0.1, -0.05) is 61.5 Å². The number of fused-ring (bicyclic) bond motifs is 2. The molecule has 1 saturated heterocycles. The van der Waals surface area contributed by atoms with Crippen molar-refractivity contribution in [2.45, 2.75) is 19.3 Å².